The fourth-order valence-electron chi connectivity index (χ4n) is 19.0. The van der Waals surface area contributed by atoms with Gasteiger partial charge in [-0.2, -0.15) is 0 Å². The van der Waals surface area contributed by atoms with Crippen LogP contribution in [0.2, 0.25) is 0 Å². The number of hydrogen-bond donors (Lipinski definition) is 0. The first-order valence-electron chi connectivity index (χ1n) is 40.8. The Balaban J connectivity index is 0.915. The maximum absolute atomic E-state index is 2.73. The van der Waals surface area contributed by atoms with E-state index >= 15 is 0 Å². The number of fused-ring (bicyclic) bond motifs is 12. The summed E-state index contributed by atoms with van der Waals surface area (Å²) in [5.74, 6) is 0. The average molecular weight is 1470 g/mol. The summed E-state index contributed by atoms with van der Waals surface area (Å²) in [6, 6.07) is 124. The van der Waals surface area contributed by atoms with Gasteiger partial charge < -0.3 is 18.9 Å². The van der Waals surface area contributed by atoms with Gasteiger partial charge in [0.05, 0.1) is 33.4 Å². The molecule has 554 valence electrons. The standard InChI is InChI=1S/C109H95BN4/c1-105(2,3)75-60-76(106(4,5)6)63-80(62-75)111-92-46-26-24-38-88(92)100-82(40-30-48-94(100)111)72-52-56-90-96(58-72)113(103-84(68-32-18-15-19-33-68)42-28-43-85(103)69-34-20-16-21-35-69)98-66-79-67-99-102(98)110(90)91-57-53-73(59-97(91)114(99)104-86(70-36-22-17-23-37-70)44-29-45-87(104)71-50-54-74(55-51-71)109(79,13)14)83-41-31-49-95-101(83)89-39-25-27-47-93(89)112(95)81-64-77(107(7,8)9)61-78(65-81)108(10,11)12/h15-67H,1-14H3. The van der Waals surface area contributed by atoms with Gasteiger partial charge in [-0.05, 0) is 189 Å². The molecule has 4 aliphatic heterocycles. The van der Waals surface area contributed by atoms with Crippen LogP contribution in [0.4, 0.5) is 34.1 Å². The molecular weight excluding hydrogens is 1380 g/mol. The normalized spacial score (nSPS) is 13.7. The van der Waals surface area contributed by atoms with E-state index in [9.17, 15) is 0 Å². The molecule has 4 aliphatic rings. The van der Waals surface area contributed by atoms with Crippen molar-refractivity contribution in [2.75, 3.05) is 9.80 Å². The topological polar surface area (TPSA) is 16.3 Å². The molecule has 0 spiro atoms. The predicted molar refractivity (Wildman–Crippen MR) is 489 cm³/mol. The summed E-state index contributed by atoms with van der Waals surface area (Å²) in [5.41, 5.74) is 38.7. The highest BCUT2D eigenvalue weighted by molar-refractivity contribution is 7.00. The molecule has 15 aromatic carbocycles. The Morgan fingerprint density at radius 2 is 0.570 bits per heavy atom. The summed E-state index contributed by atoms with van der Waals surface area (Å²) < 4.78 is 5.09. The smallest absolute Gasteiger partial charge is 0.252 e. The van der Waals surface area contributed by atoms with Gasteiger partial charge in [-0.1, -0.05) is 346 Å². The fourth-order valence-corrected chi connectivity index (χ4v) is 19.0. The zero-order chi connectivity index (χ0) is 78.2. The maximum atomic E-state index is 2.73. The number of rotatable bonds is 8. The quantitative estimate of drug-likeness (QED) is 0.141. The molecule has 0 aliphatic carbocycles. The number of benzene rings is 15. The minimum absolute atomic E-state index is 0.0727. The highest BCUT2D eigenvalue weighted by atomic mass is 15.2. The van der Waals surface area contributed by atoms with Crippen LogP contribution in [0.25, 0.3) is 122 Å². The third kappa shape index (κ3) is 11.2. The molecule has 114 heavy (non-hydrogen) atoms. The van der Waals surface area contributed by atoms with Crippen molar-refractivity contribution < 1.29 is 0 Å². The van der Waals surface area contributed by atoms with E-state index in [-0.39, 0.29) is 28.4 Å². The first kappa shape index (κ1) is 70.7. The van der Waals surface area contributed by atoms with Crippen LogP contribution >= 0.6 is 0 Å². The van der Waals surface area contributed by atoms with E-state index in [4.69, 9.17) is 0 Å². The van der Waals surface area contributed by atoms with Gasteiger partial charge in [0.25, 0.3) is 6.71 Å². The van der Waals surface area contributed by atoms with Crippen molar-refractivity contribution in [3.63, 3.8) is 0 Å². The molecule has 6 heterocycles. The predicted octanol–water partition coefficient (Wildman–Crippen LogP) is 27.8. The van der Waals surface area contributed by atoms with Gasteiger partial charge in [-0.25, -0.2) is 0 Å². The van der Waals surface area contributed by atoms with Crippen molar-refractivity contribution in [3.05, 3.63) is 355 Å². The van der Waals surface area contributed by atoms with E-state index < -0.39 is 5.41 Å². The lowest BCUT2D eigenvalue weighted by Gasteiger charge is -2.46. The van der Waals surface area contributed by atoms with Crippen LogP contribution < -0.4 is 26.2 Å². The maximum Gasteiger partial charge on any atom is 0.252 e. The Labute approximate surface area is 672 Å². The molecule has 5 heteroatoms. The number of aromatic nitrogens is 2. The second-order valence-corrected chi connectivity index (χ2v) is 36.9. The number of para-hydroxylation sites is 4. The third-order valence-corrected chi connectivity index (χ3v) is 25.3. The zero-order valence-corrected chi connectivity index (χ0v) is 68.0. The van der Waals surface area contributed by atoms with Crippen LogP contribution in [0.1, 0.15) is 130 Å². The SMILES string of the molecule is CC(C)(C)c1cc(-n2c3ccccc3c3c(-c4ccc5c(c4)N(c4c(-c6ccccc6)cccc4-c4ccccc4)c4cc6cc7c4B5c4ccc(-c5cccc8c5c5ccccc5n8-c5cc(C(C)(C)C)cc(C(C)(C)C)c5)cc4N7c4c(-c5ccccc5)cccc4-c4ccc(cc4)C6(C)C)cccc32)cc(C(C)(C)C)c1. The molecule has 0 fully saturated rings. The van der Waals surface area contributed by atoms with E-state index in [0.717, 1.165) is 72.9 Å². The molecule has 0 atom stereocenters. The van der Waals surface area contributed by atoms with Gasteiger partial charge >= 0.3 is 0 Å². The second kappa shape index (κ2) is 25.8. The first-order valence-corrected chi connectivity index (χ1v) is 40.8. The molecule has 21 rings (SSSR count). The van der Waals surface area contributed by atoms with Crippen molar-refractivity contribution in [3.8, 4) is 78.1 Å². The second-order valence-electron chi connectivity index (χ2n) is 36.9. The molecule has 4 nitrogen and oxygen atoms in total. The van der Waals surface area contributed by atoms with E-state index in [1.54, 1.807) is 0 Å². The molecule has 0 unspecified atom stereocenters. The van der Waals surface area contributed by atoms with Crippen molar-refractivity contribution in [2.24, 2.45) is 0 Å². The van der Waals surface area contributed by atoms with Gasteiger partial charge in [0.1, 0.15) is 0 Å². The molecule has 4 bridgehead atoms. The lowest BCUT2D eigenvalue weighted by Crippen LogP contribution is -2.61. The Morgan fingerprint density at radius 3 is 0.939 bits per heavy atom. The van der Waals surface area contributed by atoms with Crippen molar-refractivity contribution in [1.82, 2.24) is 9.13 Å². The van der Waals surface area contributed by atoms with E-state index in [0.29, 0.717) is 0 Å². The van der Waals surface area contributed by atoms with Crippen LogP contribution in [0.3, 0.4) is 0 Å². The molecule has 17 aromatic rings. The number of hydrogen-bond acceptors (Lipinski definition) is 2. The minimum atomic E-state index is -0.491. The average Bonchev–Trinajstić information content (AvgIpc) is 0.705. The molecule has 0 amide bonds. The highest BCUT2D eigenvalue weighted by Crippen LogP contribution is 2.56. The van der Waals surface area contributed by atoms with Crippen LogP contribution in [0.5, 0.6) is 0 Å². The van der Waals surface area contributed by atoms with Crippen molar-refractivity contribution in [2.45, 2.75) is 124 Å². The summed E-state index contributed by atoms with van der Waals surface area (Å²) in [4.78, 5) is 5.46. The zero-order valence-electron chi connectivity index (χ0n) is 68.0. The molecule has 0 radical (unpaired) electrons. The summed E-state index contributed by atoms with van der Waals surface area (Å²) in [6.07, 6.45) is 0. The van der Waals surface area contributed by atoms with Crippen LogP contribution in [-0.4, -0.2) is 15.8 Å². The Hall–Kier alpha value is -12.4. The molecule has 0 N–H and O–H groups in total. The number of anilines is 6. The largest absolute Gasteiger partial charge is 0.310 e. The van der Waals surface area contributed by atoms with E-state index in [1.165, 1.54) is 133 Å². The van der Waals surface area contributed by atoms with Gasteiger partial charge in [-0.3, -0.25) is 0 Å². The van der Waals surface area contributed by atoms with Crippen LogP contribution in [0, 0.1) is 0 Å². The lowest BCUT2D eigenvalue weighted by molar-refractivity contribution is 0.567. The van der Waals surface area contributed by atoms with Crippen LogP contribution in [-0.2, 0) is 27.1 Å². The van der Waals surface area contributed by atoms with E-state index in [1.807, 2.05) is 0 Å². The Morgan fingerprint density at radius 1 is 0.254 bits per heavy atom. The van der Waals surface area contributed by atoms with E-state index in [2.05, 4.69) is 437 Å². The van der Waals surface area contributed by atoms with Gasteiger partial charge in [0.15, 0.2) is 0 Å². The first-order chi connectivity index (χ1) is 54.8. The van der Waals surface area contributed by atoms with Gasteiger partial charge in [-0.15, -0.1) is 0 Å². The van der Waals surface area contributed by atoms with Crippen molar-refractivity contribution >= 4 is 101 Å². The number of nitrogens with zero attached hydrogens (tertiary/aromatic N) is 4. The van der Waals surface area contributed by atoms with Gasteiger partial charge in [0, 0.05) is 83.3 Å². The van der Waals surface area contributed by atoms with Gasteiger partial charge in [0.2, 0.25) is 0 Å². The molecular formula is C109H95BN4. The molecule has 2 aromatic heterocycles. The minimum Gasteiger partial charge on any atom is -0.310 e. The summed E-state index contributed by atoms with van der Waals surface area (Å²) in [5, 5.41) is 4.92. The summed E-state index contributed by atoms with van der Waals surface area (Å²) in [7, 11) is 0. The third-order valence-electron chi connectivity index (χ3n) is 25.3. The monoisotopic (exact) mass is 1470 g/mol. The lowest BCUT2D eigenvalue weighted by atomic mass is 9.33. The summed E-state index contributed by atoms with van der Waals surface area (Å²) in [6.45, 7) is 32.8. The fraction of sp³-hybridized carbons (Fsp3) is 0.174. The molecule has 0 saturated carbocycles. The summed E-state index contributed by atoms with van der Waals surface area (Å²) >= 11 is 0. The Bertz CT molecular complexity index is 6660. The van der Waals surface area contributed by atoms with Crippen molar-refractivity contribution in [1.29, 1.82) is 0 Å². The Kier molecular flexibility index (Phi) is 16.0. The highest BCUT2D eigenvalue weighted by Gasteiger charge is 2.47. The molecule has 0 saturated heterocycles. The van der Waals surface area contributed by atoms with Crippen LogP contribution in [0.15, 0.2) is 322 Å².